The summed E-state index contributed by atoms with van der Waals surface area (Å²) in [6.07, 6.45) is 3.03. The molecule has 0 spiro atoms. The zero-order valence-electron chi connectivity index (χ0n) is 11.1. The van der Waals surface area contributed by atoms with Gasteiger partial charge >= 0.3 is 0 Å². The van der Waals surface area contributed by atoms with Crippen molar-refractivity contribution < 1.29 is 13.5 Å². The first-order chi connectivity index (χ1) is 9.60. The molecule has 106 valence electrons. The Balaban J connectivity index is 2.22. The van der Waals surface area contributed by atoms with Gasteiger partial charge in [0.05, 0.1) is 0 Å². The van der Waals surface area contributed by atoms with Crippen LogP contribution in [-0.4, -0.2) is 11.0 Å². The molecule has 0 bridgehead atoms. The van der Waals surface area contributed by atoms with E-state index in [-0.39, 0.29) is 11.8 Å². The van der Waals surface area contributed by atoms with Crippen LogP contribution in [0.2, 0.25) is 0 Å². The molecule has 1 atom stereocenters. The van der Waals surface area contributed by atoms with Gasteiger partial charge in [-0.05, 0) is 31.0 Å². The van der Waals surface area contributed by atoms with Crippen LogP contribution in [0.25, 0.3) is 0 Å². The summed E-state index contributed by atoms with van der Waals surface area (Å²) in [5.74, 6) is -1.30. The molecule has 0 saturated carbocycles. The number of aromatic nitrogens is 1. The normalized spacial score (nSPS) is 12.2. The second-order valence-corrected chi connectivity index (χ2v) is 4.52. The van der Waals surface area contributed by atoms with Crippen LogP contribution in [-0.2, 0) is 6.42 Å². The van der Waals surface area contributed by atoms with Crippen LogP contribution < -0.4 is 10.5 Å². The number of halogens is 2. The van der Waals surface area contributed by atoms with Crippen molar-refractivity contribution in [1.29, 1.82) is 0 Å². The Morgan fingerprint density at radius 1 is 1.25 bits per heavy atom. The highest BCUT2D eigenvalue weighted by atomic mass is 19.2. The molecule has 2 aromatic rings. The summed E-state index contributed by atoms with van der Waals surface area (Å²) in [5.41, 5.74) is 6.76. The minimum Gasteiger partial charge on any atom is -0.439 e. The fourth-order valence-electron chi connectivity index (χ4n) is 1.75. The zero-order valence-corrected chi connectivity index (χ0v) is 11.1. The monoisotopic (exact) mass is 278 g/mol. The first-order valence-electron chi connectivity index (χ1n) is 6.42. The molecule has 0 aliphatic carbocycles. The van der Waals surface area contributed by atoms with E-state index in [0.29, 0.717) is 12.3 Å². The third kappa shape index (κ3) is 3.51. The van der Waals surface area contributed by atoms with Crippen LogP contribution in [0.4, 0.5) is 8.78 Å². The van der Waals surface area contributed by atoms with Gasteiger partial charge in [0.1, 0.15) is 5.75 Å². The maximum absolute atomic E-state index is 13.2. The fraction of sp³-hybridized carbons (Fsp3) is 0.267. The van der Waals surface area contributed by atoms with Gasteiger partial charge in [-0.15, -0.1) is 0 Å². The summed E-state index contributed by atoms with van der Waals surface area (Å²) in [6, 6.07) is 7.02. The lowest BCUT2D eigenvalue weighted by Crippen LogP contribution is -2.21. The second-order valence-electron chi connectivity index (χ2n) is 4.52. The van der Waals surface area contributed by atoms with Crippen molar-refractivity contribution in [2.24, 2.45) is 5.73 Å². The van der Waals surface area contributed by atoms with Crippen molar-refractivity contribution in [3.63, 3.8) is 0 Å². The summed E-state index contributed by atoms with van der Waals surface area (Å²) >= 11 is 0. The number of nitrogens with zero attached hydrogens (tertiary/aromatic N) is 1. The van der Waals surface area contributed by atoms with Gasteiger partial charge in [0, 0.05) is 23.9 Å². The van der Waals surface area contributed by atoms with Crippen molar-refractivity contribution in [3.05, 3.63) is 53.7 Å². The first kappa shape index (κ1) is 14.4. The molecule has 1 aromatic carbocycles. The predicted octanol–water partition coefficient (Wildman–Crippen LogP) is 3.43. The van der Waals surface area contributed by atoms with Crippen molar-refractivity contribution >= 4 is 0 Å². The third-order valence-corrected chi connectivity index (χ3v) is 2.96. The zero-order chi connectivity index (χ0) is 14.5. The molecule has 20 heavy (non-hydrogen) atoms. The van der Waals surface area contributed by atoms with Crippen molar-refractivity contribution in [2.75, 3.05) is 0 Å². The molecule has 0 radical (unpaired) electrons. The number of benzene rings is 1. The third-order valence-electron chi connectivity index (χ3n) is 2.96. The van der Waals surface area contributed by atoms with E-state index in [0.717, 1.165) is 24.1 Å². The van der Waals surface area contributed by atoms with Gasteiger partial charge in [-0.1, -0.05) is 13.0 Å². The molecular formula is C15H16F2N2O. The molecule has 0 amide bonds. The molecule has 3 nitrogen and oxygen atoms in total. The van der Waals surface area contributed by atoms with Crippen LogP contribution in [0.3, 0.4) is 0 Å². The molecule has 1 heterocycles. The van der Waals surface area contributed by atoms with E-state index in [1.165, 1.54) is 6.07 Å². The van der Waals surface area contributed by atoms with Crippen LogP contribution in [0.5, 0.6) is 11.6 Å². The minimum absolute atomic E-state index is 0.00602. The number of hydrogen-bond acceptors (Lipinski definition) is 3. The molecule has 0 aliphatic heterocycles. The molecule has 0 aliphatic rings. The molecule has 1 aromatic heterocycles. The Hall–Kier alpha value is -2.01. The standard InChI is InChI=1S/C15H16F2N2O/c1-2-11(18)8-10-4-3-7-19-15(10)20-12-5-6-13(16)14(17)9-12/h3-7,9,11H,2,8,18H2,1H3. The first-order valence-corrected chi connectivity index (χ1v) is 6.42. The van der Waals surface area contributed by atoms with Crippen molar-refractivity contribution in [1.82, 2.24) is 4.98 Å². The molecular weight excluding hydrogens is 262 g/mol. The Morgan fingerprint density at radius 2 is 2.05 bits per heavy atom. The van der Waals surface area contributed by atoms with Gasteiger partial charge in [-0.3, -0.25) is 0 Å². The predicted molar refractivity (Wildman–Crippen MR) is 72.6 cm³/mol. The maximum atomic E-state index is 13.2. The van der Waals surface area contributed by atoms with Gasteiger partial charge < -0.3 is 10.5 Å². The Morgan fingerprint density at radius 3 is 2.75 bits per heavy atom. The Labute approximate surface area is 116 Å². The summed E-state index contributed by atoms with van der Waals surface area (Å²) < 4.78 is 31.5. The lowest BCUT2D eigenvalue weighted by molar-refractivity contribution is 0.440. The number of nitrogens with two attached hydrogens (primary N) is 1. The highest BCUT2D eigenvalue weighted by molar-refractivity contribution is 5.33. The van der Waals surface area contributed by atoms with E-state index in [2.05, 4.69) is 4.98 Å². The van der Waals surface area contributed by atoms with Gasteiger partial charge in [0.15, 0.2) is 11.6 Å². The minimum atomic E-state index is -0.953. The average molecular weight is 278 g/mol. The van der Waals surface area contributed by atoms with Gasteiger partial charge in [-0.2, -0.15) is 0 Å². The Bertz CT molecular complexity index is 590. The summed E-state index contributed by atoms with van der Waals surface area (Å²) in [6.45, 7) is 2.00. The van der Waals surface area contributed by atoms with E-state index in [1.54, 1.807) is 12.3 Å². The smallest absolute Gasteiger partial charge is 0.222 e. The quantitative estimate of drug-likeness (QED) is 0.911. The SMILES string of the molecule is CCC(N)Cc1cccnc1Oc1ccc(F)c(F)c1. The maximum Gasteiger partial charge on any atom is 0.222 e. The summed E-state index contributed by atoms with van der Waals surface area (Å²) in [5, 5.41) is 0. The van der Waals surface area contributed by atoms with Crippen LogP contribution >= 0.6 is 0 Å². The lowest BCUT2D eigenvalue weighted by atomic mass is 10.1. The lowest BCUT2D eigenvalue weighted by Gasteiger charge is -2.13. The molecule has 5 heteroatoms. The molecule has 1 unspecified atom stereocenters. The largest absolute Gasteiger partial charge is 0.439 e. The number of hydrogen-bond donors (Lipinski definition) is 1. The van der Waals surface area contributed by atoms with Gasteiger partial charge in [-0.25, -0.2) is 13.8 Å². The van der Waals surface area contributed by atoms with Crippen molar-refractivity contribution in [3.8, 4) is 11.6 Å². The fourth-order valence-corrected chi connectivity index (χ4v) is 1.75. The second kappa shape index (κ2) is 6.43. The van der Waals surface area contributed by atoms with Crippen molar-refractivity contribution in [2.45, 2.75) is 25.8 Å². The number of rotatable bonds is 5. The summed E-state index contributed by atoms with van der Waals surface area (Å²) in [7, 11) is 0. The molecule has 2 N–H and O–H groups in total. The molecule has 0 saturated heterocycles. The number of pyridine rings is 1. The average Bonchev–Trinajstić information content (AvgIpc) is 2.45. The van der Waals surface area contributed by atoms with Gasteiger partial charge in [0.2, 0.25) is 5.88 Å². The number of ether oxygens (including phenoxy) is 1. The molecule has 2 rings (SSSR count). The van der Waals surface area contributed by atoms with E-state index >= 15 is 0 Å². The highest BCUT2D eigenvalue weighted by Gasteiger charge is 2.11. The molecule has 0 fully saturated rings. The van der Waals surface area contributed by atoms with E-state index in [4.69, 9.17) is 10.5 Å². The Kier molecular flexibility index (Phi) is 4.63. The van der Waals surface area contributed by atoms with E-state index in [1.807, 2.05) is 13.0 Å². The van der Waals surface area contributed by atoms with Crippen LogP contribution in [0.15, 0.2) is 36.5 Å². The van der Waals surface area contributed by atoms with Gasteiger partial charge in [0.25, 0.3) is 0 Å². The summed E-state index contributed by atoms with van der Waals surface area (Å²) in [4.78, 5) is 4.12. The highest BCUT2D eigenvalue weighted by Crippen LogP contribution is 2.25. The van der Waals surface area contributed by atoms with E-state index < -0.39 is 11.6 Å². The van der Waals surface area contributed by atoms with Crippen LogP contribution in [0, 0.1) is 11.6 Å². The van der Waals surface area contributed by atoms with E-state index in [9.17, 15) is 8.78 Å². The topological polar surface area (TPSA) is 48.1 Å². The van der Waals surface area contributed by atoms with Crippen LogP contribution in [0.1, 0.15) is 18.9 Å².